The Hall–Kier alpha value is -0.890. The lowest BCUT2D eigenvalue weighted by molar-refractivity contribution is 0.630. The molecule has 0 atom stereocenters. The van der Waals surface area contributed by atoms with Gasteiger partial charge in [-0.15, -0.1) is 0 Å². The molecule has 0 amide bonds. The first-order valence-electron chi connectivity index (χ1n) is 7.33. The summed E-state index contributed by atoms with van der Waals surface area (Å²) in [5.41, 5.74) is 2.62. The fraction of sp³-hybridized carbons (Fsp3) is 0.688. The minimum Gasteiger partial charge on any atom is -0.312 e. The molecule has 2 nitrogen and oxygen atoms in total. The smallest absolute Gasteiger partial charge is 0.0461 e. The molecule has 2 heteroatoms. The Morgan fingerprint density at radius 2 is 1.67 bits per heavy atom. The quantitative estimate of drug-likeness (QED) is 0.738. The van der Waals surface area contributed by atoms with Crippen LogP contribution >= 0.6 is 0 Å². The van der Waals surface area contributed by atoms with Crippen molar-refractivity contribution >= 4 is 0 Å². The number of hydrogen-bond acceptors (Lipinski definition) is 2. The van der Waals surface area contributed by atoms with Gasteiger partial charge in [0.2, 0.25) is 0 Å². The van der Waals surface area contributed by atoms with Gasteiger partial charge in [-0.3, -0.25) is 4.98 Å². The zero-order valence-corrected chi connectivity index (χ0v) is 13.4. The van der Waals surface area contributed by atoms with E-state index < -0.39 is 0 Å². The van der Waals surface area contributed by atoms with E-state index in [1.807, 2.05) is 40.0 Å². The molecule has 1 aliphatic heterocycles. The first-order valence-corrected chi connectivity index (χ1v) is 7.33. The molecule has 1 aromatic heterocycles. The Labute approximate surface area is 114 Å². The zero-order valence-electron chi connectivity index (χ0n) is 13.4. The normalized spacial score (nSPS) is 11.8. The third-order valence-electron chi connectivity index (χ3n) is 1.84. The molecule has 0 aliphatic carbocycles. The lowest BCUT2D eigenvalue weighted by atomic mass is 10.1. The van der Waals surface area contributed by atoms with Crippen LogP contribution in [-0.4, -0.2) is 11.5 Å². The second-order valence-electron chi connectivity index (χ2n) is 4.27. The van der Waals surface area contributed by atoms with Crippen molar-refractivity contribution in [1.29, 1.82) is 0 Å². The van der Waals surface area contributed by atoms with E-state index in [0.29, 0.717) is 0 Å². The van der Waals surface area contributed by atoms with Crippen molar-refractivity contribution in [3.05, 3.63) is 29.6 Å². The van der Waals surface area contributed by atoms with E-state index in [9.17, 15) is 0 Å². The van der Waals surface area contributed by atoms with Gasteiger partial charge in [0.05, 0.1) is 0 Å². The van der Waals surface area contributed by atoms with Crippen LogP contribution in [0.4, 0.5) is 0 Å². The molecule has 0 bridgehead atoms. The van der Waals surface area contributed by atoms with Crippen LogP contribution in [0, 0.1) is 5.92 Å². The van der Waals surface area contributed by atoms with Gasteiger partial charge in [0.25, 0.3) is 0 Å². The molecule has 0 saturated carbocycles. The molecular formula is C16H32N2. The van der Waals surface area contributed by atoms with Crippen LogP contribution in [0.25, 0.3) is 0 Å². The Bertz CT molecular complexity index is 242. The highest BCUT2D eigenvalue weighted by Crippen LogP contribution is 2.08. The summed E-state index contributed by atoms with van der Waals surface area (Å²) >= 11 is 0. The van der Waals surface area contributed by atoms with Gasteiger partial charge in [-0.2, -0.15) is 0 Å². The second kappa shape index (κ2) is 14.2. The summed E-state index contributed by atoms with van der Waals surface area (Å²) in [6.45, 7) is 16.6. The Kier molecular flexibility index (Phi) is 15.3. The maximum atomic E-state index is 4.28. The number of nitrogens with one attached hydrogen (secondary N) is 1. The molecule has 18 heavy (non-hydrogen) atoms. The van der Waals surface area contributed by atoms with Gasteiger partial charge in [0.15, 0.2) is 0 Å². The molecule has 0 spiro atoms. The molecule has 0 unspecified atom stereocenters. The van der Waals surface area contributed by atoms with Crippen molar-refractivity contribution < 1.29 is 0 Å². The number of rotatable bonds is 0. The average Bonchev–Trinajstić information content (AvgIpc) is 2.43. The predicted molar refractivity (Wildman–Crippen MR) is 82.9 cm³/mol. The first-order chi connectivity index (χ1) is 8.70. The summed E-state index contributed by atoms with van der Waals surface area (Å²) in [4.78, 5) is 4.28. The van der Waals surface area contributed by atoms with E-state index in [0.717, 1.165) is 25.4 Å². The fourth-order valence-corrected chi connectivity index (χ4v) is 1.29. The number of fused-ring (bicyclic) bond motifs is 1. The van der Waals surface area contributed by atoms with Gasteiger partial charge >= 0.3 is 0 Å². The number of aromatic nitrogens is 1. The van der Waals surface area contributed by atoms with Crippen LogP contribution in [0.3, 0.4) is 0 Å². The maximum Gasteiger partial charge on any atom is 0.0461 e. The van der Waals surface area contributed by atoms with Gasteiger partial charge in [0, 0.05) is 31.4 Å². The van der Waals surface area contributed by atoms with E-state index in [1.54, 1.807) is 0 Å². The van der Waals surface area contributed by atoms with Crippen LogP contribution in [0.2, 0.25) is 0 Å². The molecule has 1 N–H and O–H groups in total. The van der Waals surface area contributed by atoms with E-state index in [4.69, 9.17) is 0 Å². The summed E-state index contributed by atoms with van der Waals surface area (Å²) < 4.78 is 0. The minimum absolute atomic E-state index is 0.833. The number of pyridine rings is 1. The molecular weight excluding hydrogens is 220 g/mol. The Balaban J connectivity index is 0. The second-order valence-corrected chi connectivity index (χ2v) is 4.27. The van der Waals surface area contributed by atoms with Crippen LogP contribution < -0.4 is 5.32 Å². The van der Waals surface area contributed by atoms with Crippen LogP contribution in [-0.2, 0) is 13.0 Å². The minimum atomic E-state index is 0.833. The predicted octanol–water partition coefficient (Wildman–Crippen LogP) is 4.44. The molecule has 1 aliphatic rings. The van der Waals surface area contributed by atoms with Crippen molar-refractivity contribution in [3.8, 4) is 0 Å². The summed E-state index contributed by atoms with van der Waals surface area (Å²) in [5.74, 6) is 0.833. The number of hydrogen-bond donors (Lipinski definition) is 1. The molecule has 0 radical (unpaired) electrons. The topological polar surface area (TPSA) is 24.9 Å². The average molecular weight is 252 g/mol. The largest absolute Gasteiger partial charge is 0.312 e. The lowest BCUT2D eigenvalue weighted by Gasteiger charge is -2.14. The van der Waals surface area contributed by atoms with Crippen molar-refractivity contribution in [3.63, 3.8) is 0 Å². The third kappa shape index (κ3) is 10.3. The zero-order chi connectivity index (χ0) is 14.4. The summed E-state index contributed by atoms with van der Waals surface area (Å²) in [6, 6.07) is 4.13. The molecule has 2 rings (SSSR count). The van der Waals surface area contributed by atoms with E-state index in [2.05, 4.69) is 37.1 Å². The molecule has 0 saturated heterocycles. The highest BCUT2D eigenvalue weighted by Gasteiger charge is 2.06. The molecule has 0 aromatic carbocycles. The van der Waals surface area contributed by atoms with E-state index in [-0.39, 0.29) is 0 Å². The SMILES string of the molecule is CC.CC.CC(C)C.c1cnc2c(c1)CNCC2. The van der Waals surface area contributed by atoms with Gasteiger partial charge in [-0.25, -0.2) is 0 Å². The number of nitrogens with zero attached hydrogens (tertiary/aromatic N) is 1. The van der Waals surface area contributed by atoms with Crippen molar-refractivity contribution in [1.82, 2.24) is 10.3 Å². The molecule has 2 heterocycles. The van der Waals surface area contributed by atoms with Crippen molar-refractivity contribution in [2.45, 2.75) is 61.4 Å². The highest BCUT2D eigenvalue weighted by atomic mass is 14.9. The van der Waals surface area contributed by atoms with Gasteiger partial charge in [-0.05, 0) is 17.5 Å². The van der Waals surface area contributed by atoms with Crippen molar-refractivity contribution in [2.75, 3.05) is 6.54 Å². The van der Waals surface area contributed by atoms with E-state index in [1.165, 1.54) is 11.3 Å². The Morgan fingerprint density at radius 3 is 2.17 bits per heavy atom. The summed E-state index contributed by atoms with van der Waals surface area (Å²) in [7, 11) is 0. The highest BCUT2D eigenvalue weighted by molar-refractivity contribution is 5.21. The Morgan fingerprint density at radius 1 is 1.11 bits per heavy atom. The third-order valence-corrected chi connectivity index (χ3v) is 1.84. The molecule has 0 fully saturated rings. The first kappa shape index (κ1) is 19.4. The summed E-state index contributed by atoms with van der Waals surface area (Å²) in [6.07, 6.45) is 2.94. The van der Waals surface area contributed by atoms with Crippen LogP contribution in [0.1, 0.15) is 59.7 Å². The molecule has 106 valence electrons. The van der Waals surface area contributed by atoms with Crippen LogP contribution in [0.15, 0.2) is 18.3 Å². The van der Waals surface area contributed by atoms with Gasteiger partial charge < -0.3 is 5.32 Å². The fourth-order valence-electron chi connectivity index (χ4n) is 1.29. The van der Waals surface area contributed by atoms with E-state index >= 15 is 0 Å². The summed E-state index contributed by atoms with van der Waals surface area (Å²) in [5, 5.41) is 3.30. The van der Waals surface area contributed by atoms with Gasteiger partial charge in [0.1, 0.15) is 0 Å². The monoisotopic (exact) mass is 252 g/mol. The van der Waals surface area contributed by atoms with Crippen LogP contribution in [0.5, 0.6) is 0 Å². The van der Waals surface area contributed by atoms with Gasteiger partial charge in [-0.1, -0.05) is 54.5 Å². The standard InChI is InChI=1S/C8H10N2.C4H10.2C2H6/c1-2-7-6-9-5-3-8(7)10-4-1;1-4(2)3;2*1-2/h1-2,4,9H,3,5-6H2;4H,1-3H3;2*1-2H3. The van der Waals surface area contributed by atoms with Crippen molar-refractivity contribution in [2.24, 2.45) is 5.92 Å². The lowest BCUT2D eigenvalue weighted by Crippen LogP contribution is -2.24. The maximum absolute atomic E-state index is 4.28. The molecule has 1 aromatic rings.